The summed E-state index contributed by atoms with van der Waals surface area (Å²) in [7, 11) is -3.31. The molecule has 3 nitrogen and oxygen atoms in total. The molecule has 0 spiro atoms. The van der Waals surface area contributed by atoms with Crippen LogP contribution in [-0.2, 0) is 10.0 Å². The molecule has 4 heteroatoms. The molecule has 0 aromatic carbocycles. The zero-order valence-electron chi connectivity index (χ0n) is 7.59. The molecule has 1 atom stereocenters. The summed E-state index contributed by atoms with van der Waals surface area (Å²) in [6.45, 7) is 7.90. The molecule has 11 heavy (non-hydrogen) atoms. The van der Waals surface area contributed by atoms with Crippen molar-refractivity contribution in [2.45, 2.75) is 27.7 Å². The van der Waals surface area contributed by atoms with E-state index in [-0.39, 0.29) is 17.1 Å². The Kier molecular flexibility index (Phi) is 3.08. The van der Waals surface area contributed by atoms with Crippen LogP contribution in [0.25, 0.3) is 0 Å². The minimum absolute atomic E-state index is 0.00639. The zero-order valence-corrected chi connectivity index (χ0v) is 8.40. The third-order valence-electron chi connectivity index (χ3n) is 1.96. The molecule has 0 bridgehead atoms. The maximum atomic E-state index is 10.7. The molecule has 0 aliphatic rings. The summed E-state index contributed by atoms with van der Waals surface area (Å²) in [5, 5.41) is 4.91. The van der Waals surface area contributed by atoms with Gasteiger partial charge in [-0.15, -0.1) is 0 Å². The molecule has 0 heterocycles. The first-order valence-corrected chi connectivity index (χ1v) is 5.35. The Labute approximate surface area is 69.0 Å². The summed E-state index contributed by atoms with van der Waals surface area (Å²) in [6, 6.07) is 0. The average molecular weight is 179 g/mol. The van der Waals surface area contributed by atoms with Crippen LogP contribution in [0, 0.1) is 11.3 Å². The second-order valence-electron chi connectivity index (χ2n) is 4.10. The fourth-order valence-electron chi connectivity index (χ4n) is 0.598. The van der Waals surface area contributed by atoms with Crippen molar-refractivity contribution in [2.24, 2.45) is 16.5 Å². The van der Waals surface area contributed by atoms with E-state index < -0.39 is 10.0 Å². The number of nitrogens with two attached hydrogens (primary N) is 1. The van der Waals surface area contributed by atoms with E-state index in [0.717, 1.165) is 0 Å². The number of rotatable bonds is 2. The van der Waals surface area contributed by atoms with E-state index in [1.807, 2.05) is 27.7 Å². The Morgan fingerprint density at radius 3 is 1.82 bits per heavy atom. The minimum Gasteiger partial charge on any atom is -0.229 e. The van der Waals surface area contributed by atoms with E-state index in [1.54, 1.807) is 0 Å². The van der Waals surface area contributed by atoms with Crippen LogP contribution in [0.2, 0.25) is 0 Å². The van der Waals surface area contributed by atoms with Gasteiger partial charge in [-0.05, 0) is 11.3 Å². The third kappa shape index (κ3) is 5.21. The first kappa shape index (κ1) is 10.9. The summed E-state index contributed by atoms with van der Waals surface area (Å²) in [6.07, 6.45) is 0. The topological polar surface area (TPSA) is 60.2 Å². The molecule has 0 saturated heterocycles. The molecule has 0 rings (SSSR count). The van der Waals surface area contributed by atoms with Gasteiger partial charge in [0.1, 0.15) is 0 Å². The molecular weight excluding hydrogens is 162 g/mol. The highest BCUT2D eigenvalue weighted by atomic mass is 32.2. The van der Waals surface area contributed by atoms with Gasteiger partial charge in [-0.1, -0.05) is 27.7 Å². The van der Waals surface area contributed by atoms with Crippen molar-refractivity contribution in [3.05, 3.63) is 0 Å². The van der Waals surface area contributed by atoms with E-state index in [0.29, 0.717) is 0 Å². The predicted molar refractivity (Wildman–Crippen MR) is 46.6 cm³/mol. The van der Waals surface area contributed by atoms with Crippen molar-refractivity contribution in [3.8, 4) is 0 Å². The second kappa shape index (κ2) is 3.11. The fourth-order valence-corrected chi connectivity index (χ4v) is 1.80. The van der Waals surface area contributed by atoms with Gasteiger partial charge < -0.3 is 0 Å². The van der Waals surface area contributed by atoms with Gasteiger partial charge in [0.2, 0.25) is 10.0 Å². The van der Waals surface area contributed by atoms with Crippen molar-refractivity contribution in [3.63, 3.8) is 0 Å². The number of hydrogen-bond donors (Lipinski definition) is 1. The molecule has 0 aliphatic heterocycles. The van der Waals surface area contributed by atoms with Gasteiger partial charge in [-0.3, -0.25) is 0 Å². The van der Waals surface area contributed by atoms with Crippen LogP contribution in [0.5, 0.6) is 0 Å². The lowest BCUT2D eigenvalue weighted by atomic mass is 9.83. The van der Waals surface area contributed by atoms with Gasteiger partial charge in [-0.2, -0.15) is 0 Å². The Hall–Kier alpha value is -0.0900. The molecule has 68 valence electrons. The lowest BCUT2D eigenvalue weighted by Crippen LogP contribution is -2.29. The van der Waals surface area contributed by atoms with Gasteiger partial charge in [0, 0.05) is 0 Å². The van der Waals surface area contributed by atoms with Gasteiger partial charge >= 0.3 is 0 Å². The van der Waals surface area contributed by atoms with Crippen LogP contribution >= 0.6 is 0 Å². The molecule has 0 unspecified atom stereocenters. The standard InChI is InChI=1S/C7H17NO2S/c1-6(7(2,3)4)5-11(8,9)10/h6H,5H2,1-4H3,(H2,8,9,10)/t6-/m0/s1. The van der Waals surface area contributed by atoms with Crippen LogP contribution < -0.4 is 5.14 Å². The van der Waals surface area contributed by atoms with Gasteiger partial charge in [0.15, 0.2) is 0 Å². The summed E-state index contributed by atoms with van der Waals surface area (Å²) in [4.78, 5) is 0. The zero-order chi connectivity index (χ0) is 9.28. The van der Waals surface area contributed by atoms with Crippen LogP contribution in [0.4, 0.5) is 0 Å². The Morgan fingerprint density at radius 2 is 1.73 bits per heavy atom. The molecule has 0 aliphatic carbocycles. The molecule has 0 saturated carbocycles. The van der Waals surface area contributed by atoms with Crippen molar-refractivity contribution in [1.29, 1.82) is 0 Å². The van der Waals surface area contributed by atoms with Crippen molar-refractivity contribution < 1.29 is 8.42 Å². The van der Waals surface area contributed by atoms with Crippen LogP contribution in [0.3, 0.4) is 0 Å². The lowest BCUT2D eigenvalue weighted by Gasteiger charge is -2.25. The van der Waals surface area contributed by atoms with Gasteiger partial charge in [0.05, 0.1) is 5.75 Å². The second-order valence-corrected chi connectivity index (χ2v) is 5.76. The van der Waals surface area contributed by atoms with Gasteiger partial charge in [0.25, 0.3) is 0 Å². The normalized spacial score (nSPS) is 16.5. The Balaban J connectivity index is 4.21. The number of sulfonamides is 1. The van der Waals surface area contributed by atoms with E-state index in [2.05, 4.69) is 0 Å². The Bertz CT molecular complexity index is 213. The van der Waals surface area contributed by atoms with Crippen LogP contribution in [-0.4, -0.2) is 14.2 Å². The molecule has 2 N–H and O–H groups in total. The SMILES string of the molecule is C[C@@H](CS(N)(=O)=O)C(C)(C)C. The molecule has 0 aromatic heterocycles. The van der Waals surface area contributed by atoms with Crippen LogP contribution in [0.15, 0.2) is 0 Å². The van der Waals surface area contributed by atoms with E-state index in [9.17, 15) is 8.42 Å². The number of hydrogen-bond acceptors (Lipinski definition) is 2. The quantitative estimate of drug-likeness (QED) is 0.686. The highest BCUT2D eigenvalue weighted by molar-refractivity contribution is 7.89. The van der Waals surface area contributed by atoms with E-state index in [1.165, 1.54) is 0 Å². The maximum absolute atomic E-state index is 10.7. The highest BCUT2D eigenvalue weighted by Crippen LogP contribution is 2.25. The maximum Gasteiger partial charge on any atom is 0.209 e. The predicted octanol–water partition coefficient (Wildman–Crippen LogP) is 0.957. The molecule has 0 fully saturated rings. The first-order chi connectivity index (χ1) is 4.63. The minimum atomic E-state index is -3.31. The highest BCUT2D eigenvalue weighted by Gasteiger charge is 2.23. The molecule has 0 amide bonds. The first-order valence-electron chi connectivity index (χ1n) is 3.63. The van der Waals surface area contributed by atoms with Crippen molar-refractivity contribution in [1.82, 2.24) is 0 Å². The smallest absolute Gasteiger partial charge is 0.209 e. The fraction of sp³-hybridized carbons (Fsp3) is 1.00. The van der Waals surface area contributed by atoms with Crippen molar-refractivity contribution >= 4 is 10.0 Å². The van der Waals surface area contributed by atoms with E-state index >= 15 is 0 Å². The lowest BCUT2D eigenvalue weighted by molar-refractivity contribution is 0.285. The van der Waals surface area contributed by atoms with Crippen molar-refractivity contribution in [2.75, 3.05) is 5.75 Å². The summed E-state index contributed by atoms with van der Waals surface area (Å²) >= 11 is 0. The summed E-state index contributed by atoms with van der Waals surface area (Å²) in [5.41, 5.74) is 0.00639. The van der Waals surface area contributed by atoms with Gasteiger partial charge in [-0.25, -0.2) is 13.6 Å². The third-order valence-corrected chi connectivity index (χ3v) is 2.93. The average Bonchev–Trinajstić information content (AvgIpc) is 1.56. The largest absolute Gasteiger partial charge is 0.229 e. The molecule has 0 aromatic rings. The monoisotopic (exact) mass is 179 g/mol. The van der Waals surface area contributed by atoms with E-state index in [4.69, 9.17) is 5.14 Å². The Morgan fingerprint density at radius 1 is 1.36 bits per heavy atom. The molecular formula is C7H17NO2S. The van der Waals surface area contributed by atoms with Crippen LogP contribution in [0.1, 0.15) is 27.7 Å². The summed E-state index contributed by atoms with van der Waals surface area (Å²) in [5.74, 6) is 0.161. The molecule has 0 radical (unpaired) electrons. The number of primary sulfonamides is 1. The summed E-state index contributed by atoms with van der Waals surface area (Å²) < 4.78 is 21.3.